The summed E-state index contributed by atoms with van der Waals surface area (Å²) >= 11 is 12.5. The fourth-order valence-corrected chi connectivity index (χ4v) is 3.51. The van der Waals surface area contributed by atoms with E-state index < -0.39 is 0 Å². The van der Waals surface area contributed by atoms with Gasteiger partial charge in [-0.05, 0) is 44.0 Å². The van der Waals surface area contributed by atoms with Crippen LogP contribution in [0, 0.1) is 5.92 Å². The van der Waals surface area contributed by atoms with Crippen LogP contribution in [0.4, 0.5) is 0 Å². The van der Waals surface area contributed by atoms with E-state index in [1.165, 1.54) is 0 Å². The van der Waals surface area contributed by atoms with Crippen molar-refractivity contribution in [1.29, 1.82) is 0 Å². The van der Waals surface area contributed by atoms with Gasteiger partial charge in [0, 0.05) is 13.0 Å². The molecule has 1 unspecified atom stereocenters. The molecule has 6 nitrogen and oxygen atoms in total. The monoisotopic (exact) mass is 417 g/mol. The normalized spacial score (nSPS) is 16.8. The summed E-state index contributed by atoms with van der Waals surface area (Å²) in [5, 5.41) is 11.5. The van der Waals surface area contributed by atoms with Crippen LogP contribution >= 0.6 is 35.6 Å². The standard InChI is InChI=1S/C17H21Cl2N5O.ClH/c1-2-14-22-16(17(25)21-10-11-5-4-8-20-9-11)23-24(14)15-12(18)6-3-7-13(15)19;/h3,6-7,11,20H,2,4-5,8-10H2,1H3,(H,21,25);1H. The smallest absolute Gasteiger partial charge is 0.290 e. The van der Waals surface area contributed by atoms with E-state index in [1.807, 2.05) is 6.92 Å². The number of halogens is 3. The molecule has 26 heavy (non-hydrogen) atoms. The van der Waals surface area contributed by atoms with Gasteiger partial charge in [-0.25, -0.2) is 9.67 Å². The zero-order valence-electron chi connectivity index (χ0n) is 14.5. The Hall–Kier alpha value is -1.34. The summed E-state index contributed by atoms with van der Waals surface area (Å²) in [6.45, 7) is 4.54. The van der Waals surface area contributed by atoms with E-state index in [9.17, 15) is 4.79 Å². The number of hydrogen-bond acceptors (Lipinski definition) is 4. The highest BCUT2D eigenvalue weighted by molar-refractivity contribution is 6.37. The topological polar surface area (TPSA) is 71.8 Å². The Morgan fingerprint density at radius 1 is 1.38 bits per heavy atom. The summed E-state index contributed by atoms with van der Waals surface area (Å²) in [6.07, 6.45) is 2.86. The summed E-state index contributed by atoms with van der Waals surface area (Å²) in [5.74, 6) is 0.946. The van der Waals surface area contributed by atoms with Gasteiger partial charge in [0.2, 0.25) is 5.82 Å². The molecule has 142 valence electrons. The maximum Gasteiger partial charge on any atom is 0.290 e. The van der Waals surface area contributed by atoms with Gasteiger partial charge in [-0.2, -0.15) is 0 Å². The number of aromatic nitrogens is 3. The lowest BCUT2D eigenvalue weighted by Crippen LogP contribution is -2.38. The Labute approximate surface area is 169 Å². The molecule has 1 saturated heterocycles. The molecule has 9 heteroatoms. The fraction of sp³-hybridized carbons (Fsp3) is 0.471. The van der Waals surface area contributed by atoms with Crippen LogP contribution in [0.1, 0.15) is 36.2 Å². The first-order chi connectivity index (χ1) is 12.1. The van der Waals surface area contributed by atoms with Crippen molar-refractivity contribution in [2.75, 3.05) is 19.6 Å². The van der Waals surface area contributed by atoms with Crippen molar-refractivity contribution >= 4 is 41.5 Å². The molecule has 0 radical (unpaired) electrons. The van der Waals surface area contributed by atoms with Crippen molar-refractivity contribution in [2.45, 2.75) is 26.2 Å². The minimum atomic E-state index is -0.276. The van der Waals surface area contributed by atoms with Gasteiger partial charge < -0.3 is 10.6 Å². The molecule has 3 rings (SSSR count). The van der Waals surface area contributed by atoms with Crippen LogP contribution in [0.2, 0.25) is 10.0 Å². The predicted molar refractivity (Wildman–Crippen MR) is 106 cm³/mol. The first kappa shape index (κ1) is 21.0. The van der Waals surface area contributed by atoms with Crippen molar-refractivity contribution in [2.24, 2.45) is 5.92 Å². The lowest BCUT2D eigenvalue weighted by molar-refractivity contribution is 0.0934. The van der Waals surface area contributed by atoms with E-state index in [-0.39, 0.29) is 24.1 Å². The Morgan fingerprint density at radius 2 is 2.12 bits per heavy atom. The Bertz CT molecular complexity index is 739. The Kier molecular flexibility index (Phi) is 7.70. The van der Waals surface area contributed by atoms with Crippen molar-refractivity contribution in [3.63, 3.8) is 0 Å². The number of aryl methyl sites for hydroxylation is 1. The lowest BCUT2D eigenvalue weighted by atomic mass is 10.00. The minimum Gasteiger partial charge on any atom is -0.349 e. The zero-order valence-corrected chi connectivity index (χ0v) is 16.8. The molecule has 1 aliphatic rings. The number of nitrogens with one attached hydrogen (secondary N) is 2. The fourth-order valence-electron chi connectivity index (χ4n) is 2.95. The molecule has 1 atom stereocenters. The predicted octanol–water partition coefficient (Wildman–Crippen LogP) is 3.29. The highest BCUT2D eigenvalue weighted by Gasteiger charge is 2.21. The van der Waals surface area contributed by atoms with Crippen LogP contribution in [0.5, 0.6) is 0 Å². The number of nitrogens with zero attached hydrogens (tertiary/aromatic N) is 3. The van der Waals surface area contributed by atoms with Gasteiger partial charge in [0.25, 0.3) is 5.91 Å². The maximum atomic E-state index is 12.4. The molecule has 1 aliphatic heterocycles. The van der Waals surface area contributed by atoms with E-state index in [0.29, 0.717) is 40.4 Å². The number of piperidine rings is 1. The number of hydrogen-bond donors (Lipinski definition) is 2. The number of carbonyl (C=O) groups is 1. The van der Waals surface area contributed by atoms with Gasteiger partial charge in [0.05, 0.1) is 10.0 Å². The number of para-hydroxylation sites is 1. The summed E-state index contributed by atoms with van der Waals surface area (Å²) < 4.78 is 1.56. The molecule has 0 saturated carbocycles. The van der Waals surface area contributed by atoms with Gasteiger partial charge in [0.15, 0.2) is 0 Å². The molecule has 0 aliphatic carbocycles. The van der Waals surface area contributed by atoms with Gasteiger partial charge in [-0.3, -0.25) is 4.79 Å². The van der Waals surface area contributed by atoms with E-state index in [1.54, 1.807) is 22.9 Å². The molecule has 0 spiro atoms. The van der Waals surface area contributed by atoms with E-state index in [4.69, 9.17) is 23.2 Å². The largest absolute Gasteiger partial charge is 0.349 e. The Balaban J connectivity index is 0.00000243. The van der Waals surface area contributed by atoms with Crippen LogP contribution in [0.15, 0.2) is 18.2 Å². The molecule has 0 bridgehead atoms. The molecule has 1 fully saturated rings. The van der Waals surface area contributed by atoms with Gasteiger partial charge in [0.1, 0.15) is 11.5 Å². The molecule has 1 amide bonds. The number of carbonyl (C=O) groups excluding carboxylic acids is 1. The van der Waals surface area contributed by atoms with Crippen LogP contribution in [0.25, 0.3) is 5.69 Å². The number of amides is 1. The average molecular weight is 419 g/mol. The quantitative estimate of drug-likeness (QED) is 0.781. The second kappa shape index (κ2) is 9.55. The van der Waals surface area contributed by atoms with Crippen molar-refractivity contribution < 1.29 is 4.79 Å². The van der Waals surface area contributed by atoms with Crippen LogP contribution in [0.3, 0.4) is 0 Å². The van der Waals surface area contributed by atoms with Crippen LogP contribution in [-0.4, -0.2) is 40.3 Å². The molecule has 2 heterocycles. The summed E-state index contributed by atoms with van der Waals surface area (Å²) in [4.78, 5) is 16.8. The highest BCUT2D eigenvalue weighted by Crippen LogP contribution is 2.28. The second-order valence-electron chi connectivity index (χ2n) is 6.11. The average Bonchev–Trinajstić information content (AvgIpc) is 3.04. The van der Waals surface area contributed by atoms with E-state index >= 15 is 0 Å². The molecule has 1 aromatic carbocycles. The third kappa shape index (κ3) is 4.68. The van der Waals surface area contributed by atoms with Gasteiger partial charge >= 0.3 is 0 Å². The third-order valence-electron chi connectivity index (χ3n) is 4.29. The Morgan fingerprint density at radius 3 is 2.73 bits per heavy atom. The molecule has 1 aromatic heterocycles. The van der Waals surface area contributed by atoms with Gasteiger partial charge in [-0.1, -0.05) is 36.2 Å². The first-order valence-corrected chi connectivity index (χ1v) is 9.25. The maximum absolute atomic E-state index is 12.4. The second-order valence-corrected chi connectivity index (χ2v) is 6.92. The minimum absolute atomic E-state index is 0. The SMILES string of the molecule is CCc1nc(C(=O)NCC2CCCNC2)nn1-c1c(Cl)cccc1Cl.Cl. The van der Waals surface area contributed by atoms with Crippen LogP contribution in [-0.2, 0) is 6.42 Å². The van der Waals surface area contributed by atoms with E-state index in [0.717, 1.165) is 25.9 Å². The first-order valence-electron chi connectivity index (χ1n) is 8.49. The number of benzene rings is 1. The van der Waals surface area contributed by atoms with E-state index in [2.05, 4.69) is 20.7 Å². The van der Waals surface area contributed by atoms with Crippen molar-refractivity contribution in [3.05, 3.63) is 39.9 Å². The summed E-state index contributed by atoms with van der Waals surface area (Å²) in [6, 6.07) is 5.24. The summed E-state index contributed by atoms with van der Waals surface area (Å²) in [5.41, 5.74) is 0.547. The zero-order chi connectivity index (χ0) is 17.8. The lowest BCUT2D eigenvalue weighted by Gasteiger charge is -2.22. The molecule has 2 N–H and O–H groups in total. The highest BCUT2D eigenvalue weighted by atomic mass is 35.5. The molecule has 2 aromatic rings. The van der Waals surface area contributed by atoms with Crippen molar-refractivity contribution in [3.8, 4) is 5.69 Å². The third-order valence-corrected chi connectivity index (χ3v) is 4.90. The molecular weight excluding hydrogens is 397 g/mol. The summed E-state index contributed by atoms with van der Waals surface area (Å²) in [7, 11) is 0. The van der Waals surface area contributed by atoms with Crippen molar-refractivity contribution in [1.82, 2.24) is 25.4 Å². The van der Waals surface area contributed by atoms with Gasteiger partial charge in [-0.15, -0.1) is 17.5 Å². The number of rotatable bonds is 5. The molecular formula is C17H22Cl3N5O. The van der Waals surface area contributed by atoms with Crippen LogP contribution < -0.4 is 10.6 Å².